The van der Waals surface area contributed by atoms with Crippen LogP contribution in [0.15, 0.2) is 0 Å². The van der Waals surface area contributed by atoms with Gasteiger partial charge >= 0.3 is 0 Å². The number of ether oxygens (including phenoxy) is 1. The molecule has 0 bridgehead atoms. The Morgan fingerprint density at radius 3 is 2.41 bits per heavy atom. The van der Waals surface area contributed by atoms with E-state index in [1.165, 1.54) is 12.2 Å². The number of rotatable bonds is 6. The molecule has 2 nitrogen and oxygen atoms in total. The summed E-state index contributed by atoms with van der Waals surface area (Å²) in [5.74, 6) is 1.78. The maximum atomic E-state index is 6.21. The van der Waals surface area contributed by atoms with Crippen molar-refractivity contribution < 1.29 is 4.74 Å². The first-order valence-electron chi connectivity index (χ1n) is 6.75. The second-order valence-electron chi connectivity index (χ2n) is 6.29. The SMILES string of the molecule is CCCNC(CSC)C1CC(C)(C)OC1(C)C. The summed E-state index contributed by atoms with van der Waals surface area (Å²) in [7, 11) is 0. The van der Waals surface area contributed by atoms with Gasteiger partial charge in [-0.05, 0) is 53.3 Å². The van der Waals surface area contributed by atoms with Crippen LogP contribution in [0.25, 0.3) is 0 Å². The molecule has 0 aromatic carbocycles. The van der Waals surface area contributed by atoms with Gasteiger partial charge in [0, 0.05) is 17.7 Å². The highest BCUT2D eigenvalue weighted by atomic mass is 32.2. The Morgan fingerprint density at radius 2 is 2.00 bits per heavy atom. The van der Waals surface area contributed by atoms with E-state index in [1.807, 2.05) is 11.8 Å². The zero-order valence-electron chi connectivity index (χ0n) is 12.3. The minimum Gasteiger partial charge on any atom is -0.369 e. The number of thioether (sulfide) groups is 1. The number of hydrogen-bond acceptors (Lipinski definition) is 3. The highest BCUT2D eigenvalue weighted by Crippen LogP contribution is 2.43. The first-order chi connectivity index (χ1) is 7.82. The van der Waals surface area contributed by atoms with E-state index in [1.54, 1.807) is 0 Å². The molecule has 0 amide bonds. The lowest BCUT2D eigenvalue weighted by Gasteiger charge is -2.33. The van der Waals surface area contributed by atoms with Crippen molar-refractivity contribution in [1.82, 2.24) is 5.32 Å². The summed E-state index contributed by atoms with van der Waals surface area (Å²) < 4.78 is 6.21. The van der Waals surface area contributed by atoms with Gasteiger partial charge in [-0.1, -0.05) is 6.92 Å². The average molecular weight is 259 g/mol. The second-order valence-corrected chi connectivity index (χ2v) is 7.20. The summed E-state index contributed by atoms with van der Waals surface area (Å²) in [6.45, 7) is 12.2. The maximum absolute atomic E-state index is 6.21. The third-order valence-electron chi connectivity index (χ3n) is 3.63. The van der Waals surface area contributed by atoms with Crippen molar-refractivity contribution in [1.29, 1.82) is 0 Å². The fourth-order valence-corrected chi connectivity index (χ4v) is 3.77. The largest absolute Gasteiger partial charge is 0.369 e. The molecule has 1 N–H and O–H groups in total. The summed E-state index contributed by atoms with van der Waals surface area (Å²) >= 11 is 1.93. The topological polar surface area (TPSA) is 21.3 Å². The number of hydrogen-bond donors (Lipinski definition) is 1. The molecule has 0 spiro atoms. The molecular formula is C14H29NOS. The Morgan fingerprint density at radius 1 is 1.35 bits per heavy atom. The molecule has 1 aliphatic heterocycles. The molecule has 102 valence electrons. The van der Waals surface area contributed by atoms with Gasteiger partial charge in [0.1, 0.15) is 0 Å². The van der Waals surface area contributed by atoms with Gasteiger partial charge in [0.25, 0.3) is 0 Å². The van der Waals surface area contributed by atoms with Gasteiger partial charge in [0.15, 0.2) is 0 Å². The van der Waals surface area contributed by atoms with Gasteiger partial charge in [-0.2, -0.15) is 11.8 Å². The Hall–Kier alpha value is 0.270. The molecule has 0 aromatic heterocycles. The van der Waals surface area contributed by atoms with Gasteiger partial charge in [0.05, 0.1) is 11.2 Å². The van der Waals surface area contributed by atoms with Gasteiger partial charge < -0.3 is 10.1 Å². The van der Waals surface area contributed by atoms with E-state index in [-0.39, 0.29) is 11.2 Å². The monoisotopic (exact) mass is 259 g/mol. The Balaban J connectivity index is 2.72. The lowest BCUT2D eigenvalue weighted by molar-refractivity contribution is -0.0769. The Bertz CT molecular complexity index is 240. The average Bonchev–Trinajstić information content (AvgIpc) is 2.41. The first-order valence-corrected chi connectivity index (χ1v) is 8.14. The third-order valence-corrected chi connectivity index (χ3v) is 4.32. The van der Waals surface area contributed by atoms with Crippen molar-refractivity contribution in [3.63, 3.8) is 0 Å². The molecule has 1 aliphatic rings. The molecular weight excluding hydrogens is 230 g/mol. The molecule has 0 aromatic rings. The Labute approximate surface area is 111 Å². The Kier molecular flexibility index (Phi) is 5.36. The van der Waals surface area contributed by atoms with Crippen LogP contribution in [-0.4, -0.2) is 35.8 Å². The van der Waals surface area contributed by atoms with Crippen molar-refractivity contribution in [2.24, 2.45) is 5.92 Å². The van der Waals surface area contributed by atoms with Gasteiger partial charge in [0.2, 0.25) is 0 Å². The lowest BCUT2D eigenvalue weighted by atomic mass is 9.82. The predicted octanol–water partition coefficient (Wildman–Crippen LogP) is 3.31. The van der Waals surface area contributed by atoms with Crippen molar-refractivity contribution >= 4 is 11.8 Å². The highest BCUT2D eigenvalue weighted by Gasteiger charge is 2.48. The summed E-state index contributed by atoms with van der Waals surface area (Å²) in [5, 5.41) is 3.70. The smallest absolute Gasteiger partial charge is 0.0678 e. The third kappa shape index (κ3) is 4.15. The summed E-state index contributed by atoms with van der Waals surface area (Å²) in [6.07, 6.45) is 4.54. The van der Waals surface area contributed by atoms with Crippen LogP contribution in [0.5, 0.6) is 0 Å². The zero-order valence-corrected chi connectivity index (χ0v) is 13.1. The summed E-state index contributed by atoms with van der Waals surface area (Å²) in [5.41, 5.74) is 0.0172. The minimum absolute atomic E-state index is 0.00929. The van der Waals surface area contributed by atoms with Crippen molar-refractivity contribution in [3.05, 3.63) is 0 Å². The standard InChI is InChI=1S/C14H29NOS/c1-7-8-15-12(10-17-6)11-9-13(2,3)16-14(11,4)5/h11-12,15H,7-10H2,1-6H3. The van der Waals surface area contributed by atoms with E-state index in [2.05, 4.69) is 46.2 Å². The quantitative estimate of drug-likeness (QED) is 0.791. The van der Waals surface area contributed by atoms with Crippen molar-refractivity contribution in [2.45, 2.75) is 64.7 Å². The van der Waals surface area contributed by atoms with E-state index in [9.17, 15) is 0 Å². The van der Waals surface area contributed by atoms with Gasteiger partial charge in [-0.25, -0.2) is 0 Å². The van der Waals surface area contributed by atoms with Crippen LogP contribution in [0.1, 0.15) is 47.5 Å². The van der Waals surface area contributed by atoms with E-state index >= 15 is 0 Å². The van der Waals surface area contributed by atoms with Crippen LogP contribution in [-0.2, 0) is 4.74 Å². The van der Waals surface area contributed by atoms with Crippen LogP contribution in [0, 0.1) is 5.92 Å². The van der Waals surface area contributed by atoms with Crippen LogP contribution in [0.4, 0.5) is 0 Å². The molecule has 2 atom stereocenters. The zero-order chi connectivity index (χ0) is 13.1. The molecule has 0 saturated carbocycles. The van der Waals surface area contributed by atoms with E-state index in [0.717, 1.165) is 13.0 Å². The molecule has 1 fully saturated rings. The molecule has 1 saturated heterocycles. The van der Waals surface area contributed by atoms with E-state index < -0.39 is 0 Å². The van der Waals surface area contributed by atoms with Crippen LogP contribution in [0.2, 0.25) is 0 Å². The van der Waals surface area contributed by atoms with E-state index in [4.69, 9.17) is 4.74 Å². The summed E-state index contributed by atoms with van der Waals surface area (Å²) in [4.78, 5) is 0. The second kappa shape index (κ2) is 5.94. The fourth-order valence-electron chi connectivity index (χ4n) is 3.06. The molecule has 2 unspecified atom stereocenters. The van der Waals surface area contributed by atoms with Crippen LogP contribution >= 0.6 is 11.8 Å². The molecule has 17 heavy (non-hydrogen) atoms. The van der Waals surface area contributed by atoms with E-state index in [0.29, 0.717) is 12.0 Å². The molecule has 3 heteroatoms. The van der Waals surface area contributed by atoms with Crippen molar-refractivity contribution in [3.8, 4) is 0 Å². The first kappa shape index (κ1) is 15.3. The number of nitrogens with one attached hydrogen (secondary N) is 1. The highest BCUT2D eigenvalue weighted by molar-refractivity contribution is 7.98. The van der Waals surface area contributed by atoms with Crippen LogP contribution < -0.4 is 5.32 Å². The maximum Gasteiger partial charge on any atom is 0.0678 e. The minimum atomic E-state index is -0.00929. The van der Waals surface area contributed by atoms with Crippen molar-refractivity contribution in [2.75, 3.05) is 18.6 Å². The predicted molar refractivity (Wildman–Crippen MR) is 77.8 cm³/mol. The molecule has 1 heterocycles. The normalized spacial score (nSPS) is 28.2. The lowest BCUT2D eigenvalue weighted by Crippen LogP contribution is -2.46. The summed E-state index contributed by atoms with van der Waals surface area (Å²) in [6, 6.07) is 0.571. The molecule has 1 rings (SSSR count). The fraction of sp³-hybridized carbons (Fsp3) is 1.00. The molecule has 0 radical (unpaired) electrons. The molecule has 0 aliphatic carbocycles. The van der Waals surface area contributed by atoms with Crippen LogP contribution in [0.3, 0.4) is 0 Å². The van der Waals surface area contributed by atoms with Gasteiger partial charge in [-0.15, -0.1) is 0 Å². The van der Waals surface area contributed by atoms with Gasteiger partial charge in [-0.3, -0.25) is 0 Å².